The molecule has 3 N–H and O–H groups in total. The van der Waals surface area contributed by atoms with Crippen molar-refractivity contribution < 1.29 is 24.2 Å². The molecule has 0 spiro atoms. The molecule has 41 heavy (non-hydrogen) atoms. The van der Waals surface area contributed by atoms with E-state index in [2.05, 4.69) is 20.5 Å². The number of esters is 1. The molecule has 2 aromatic carbocycles. The van der Waals surface area contributed by atoms with Gasteiger partial charge in [-0.15, -0.1) is 0 Å². The number of anilines is 1. The molecule has 1 saturated heterocycles. The van der Waals surface area contributed by atoms with E-state index in [1.54, 1.807) is 58.3 Å². The van der Waals surface area contributed by atoms with Gasteiger partial charge in [0.05, 0.1) is 30.4 Å². The van der Waals surface area contributed by atoms with Crippen LogP contribution in [0.3, 0.4) is 0 Å². The van der Waals surface area contributed by atoms with Crippen LogP contribution in [0, 0.1) is 11.3 Å². The number of pyridine rings is 1. The molecule has 1 amide bonds. The Kier molecular flexibility index (Phi) is 9.55. The minimum absolute atomic E-state index is 0.108. The third-order valence-corrected chi connectivity index (χ3v) is 6.93. The molecule has 216 valence electrons. The van der Waals surface area contributed by atoms with Crippen molar-refractivity contribution in [1.82, 2.24) is 15.2 Å². The van der Waals surface area contributed by atoms with E-state index in [1.807, 2.05) is 30.3 Å². The quantitative estimate of drug-likeness (QED) is 0.265. The van der Waals surface area contributed by atoms with E-state index in [1.165, 1.54) is 0 Å². The second kappa shape index (κ2) is 13.1. The fourth-order valence-corrected chi connectivity index (χ4v) is 4.92. The number of β-amino-alcohol motifs (C(OH)–C–C–N with tert-alkyl or cyclic N) is 1. The number of hydrogen-bond acceptors (Lipinski definition) is 9. The summed E-state index contributed by atoms with van der Waals surface area (Å²) in [5.41, 5.74) is 1.64. The fourth-order valence-electron chi connectivity index (χ4n) is 4.92. The number of carbonyl (C=O) groups is 2. The van der Waals surface area contributed by atoms with Crippen LogP contribution in [-0.4, -0.2) is 71.3 Å². The second-order valence-corrected chi connectivity index (χ2v) is 11.2. The van der Waals surface area contributed by atoms with Crippen LogP contribution >= 0.6 is 0 Å². The Morgan fingerprint density at radius 1 is 1.17 bits per heavy atom. The standard InChI is InChI=1S/C31H37N5O5/c1-31(2,3)41-30(39)28(29(38)35-22-7-5-6-20(16-22)18-32)34-21-11-14-36(15-12-21)19-27(37)24-10-13-33-26-9-8-23(40-4)17-25(24)26/h5-10,13,16-17,21,27-28,34,37H,11-12,14-15,19H2,1-4H3,(H,35,38)/t27-,28?/m0/s1. The third-order valence-electron chi connectivity index (χ3n) is 6.93. The number of carbonyl (C=O) groups excluding carboxylic acids is 2. The van der Waals surface area contributed by atoms with Crippen LogP contribution in [0.15, 0.2) is 54.7 Å². The van der Waals surface area contributed by atoms with E-state index in [-0.39, 0.29) is 6.04 Å². The number of hydrogen-bond donors (Lipinski definition) is 3. The topological polar surface area (TPSA) is 137 Å². The van der Waals surface area contributed by atoms with Gasteiger partial charge in [0.15, 0.2) is 6.04 Å². The summed E-state index contributed by atoms with van der Waals surface area (Å²) >= 11 is 0. The molecule has 2 atom stereocenters. The molecule has 0 radical (unpaired) electrons. The van der Waals surface area contributed by atoms with Crippen LogP contribution in [0.1, 0.15) is 50.8 Å². The summed E-state index contributed by atoms with van der Waals surface area (Å²) in [7, 11) is 1.61. The molecule has 10 nitrogen and oxygen atoms in total. The van der Waals surface area contributed by atoms with Gasteiger partial charge in [-0.25, -0.2) is 4.79 Å². The molecule has 4 rings (SSSR count). The van der Waals surface area contributed by atoms with Gasteiger partial charge in [-0.3, -0.25) is 15.1 Å². The molecule has 1 unspecified atom stereocenters. The van der Waals surface area contributed by atoms with Gasteiger partial charge in [-0.05, 0) is 94.7 Å². The number of nitriles is 1. The Balaban J connectivity index is 1.39. The SMILES string of the molecule is COc1ccc2nccc([C@@H](O)CN3CCC(NC(C(=O)Nc4cccc(C#N)c4)C(=O)OC(C)(C)C)CC3)c2c1. The first-order valence-corrected chi connectivity index (χ1v) is 13.7. The van der Waals surface area contributed by atoms with Crippen LogP contribution in [0.4, 0.5) is 5.69 Å². The molecule has 1 aliphatic heterocycles. The van der Waals surface area contributed by atoms with Crippen LogP contribution in [0.5, 0.6) is 5.75 Å². The molecule has 0 bridgehead atoms. The van der Waals surface area contributed by atoms with Crippen LogP contribution in [-0.2, 0) is 14.3 Å². The number of benzene rings is 2. The van der Waals surface area contributed by atoms with E-state index in [4.69, 9.17) is 14.7 Å². The Bertz CT molecular complexity index is 1420. The lowest BCUT2D eigenvalue weighted by Gasteiger charge is -2.35. The normalized spacial score (nSPS) is 16.0. The first-order chi connectivity index (χ1) is 19.6. The van der Waals surface area contributed by atoms with Gasteiger partial charge in [0.25, 0.3) is 5.91 Å². The maximum Gasteiger partial charge on any atom is 0.333 e. The van der Waals surface area contributed by atoms with Gasteiger partial charge in [0, 0.05) is 29.9 Å². The van der Waals surface area contributed by atoms with Crippen LogP contribution < -0.4 is 15.4 Å². The highest BCUT2D eigenvalue weighted by molar-refractivity contribution is 6.08. The predicted octanol–water partition coefficient (Wildman–Crippen LogP) is 3.55. The fraction of sp³-hybridized carbons (Fsp3) is 0.419. The Hall–Kier alpha value is -4.04. The van der Waals surface area contributed by atoms with E-state index >= 15 is 0 Å². The minimum atomic E-state index is -1.22. The van der Waals surface area contributed by atoms with Gasteiger partial charge in [-0.1, -0.05) is 6.07 Å². The van der Waals surface area contributed by atoms with Crippen molar-refractivity contribution in [2.24, 2.45) is 0 Å². The number of amides is 1. The second-order valence-electron chi connectivity index (χ2n) is 11.2. The molecular weight excluding hydrogens is 522 g/mol. The van der Waals surface area contributed by atoms with Crippen molar-refractivity contribution in [3.63, 3.8) is 0 Å². The van der Waals surface area contributed by atoms with Crippen molar-refractivity contribution in [2.75, 3.05) is 32.1 Å². The van der Waals surface area contributed by atoms with Crippen molar-refractivity contribution in [3.05, 3.63) is 65.9 Å². The minimum Gasteiger partial charge on any atom is -0.497 e. The maximum atomic E-state index is 13.2. The number of aliphatic hydroxyl groups excluding tert-OH is 1. The molecule has 3 aromatic rings. The van der Waals surface area contributed by atoms with Gasteiger partial charge < -0.3 is 24.8 Å². The lowest BCUT2D eigenvalue weighted by molar-refractivity contribution is -0.159. The van der Waals surface area contributed by atoms with Crippen LogP contribution in [0.25, 0.3) is 10.9 Å². The van der Waals surface area contributed by atoms with E-state index in [0.717, 1.165) is 16.5 Å². The van der Waals surface area contributed by atoms with E-state index in [0.29, 0.717) is 49.5 Å². The number of aliphatic hydroxyl groups is 1. The average Bonchev–Trinajstić information content (AvgIpc) is 2.95. The zero-order valence-corrected chi connectivity index (χ0v) is 23.9. The number of piperidine rings is 1. The monoisotopic (exact) mass is 559 g/mol. The smallest absolute Gasteiger partial charge is 0.333 e. The first kappa shape index (κ1) is 29.9. The number of likely N-dealkylation sites (tertiary alicyclic amines) is 1. The number of rotatable bonds is 9. The molecule has 2 heterocycles. The molecule has 1 aromatic heterocycles. The Morgan fingerprint density at radius 2 is 1.93 bits per heavy atom. The molecule has 1 fully saturated rings. The largest absolute Gasteiger partial charge is 0.497 e. The predicted molar refractivity (Wildman–Crippen MR) is 155 cm³/mol. The summed E-state index contributed by atoms with van der Waals surface area (Å²) in [6.07, 6.45) is 2.33. The van der Waals surface area contributed by atoms with Crippen molar-refractivity contribution in [2.45, 2.75) is 57.4 Å². The van der Waals surface area contributed by atoms with Gasteiger partial charge >= 0.3 is 5.97 Å². The molecule has 1 aliphatic rings. The number of nitrogens with one attached hydrogen (secondary N) is 2. The number of aromatic nitrogens is 1. The lowest BCUT2D eigenvalue weighted by Crippen LogP contribution is -2.55. The highest BCUT2D eigenvalue weighted by Crippen LogP contribution is 2.28. The summed E-state index contributed by atoms with van der Waals surface area (Å²) < 4.78 is 10.9. The third kappa shape index (κ3) is 8.01. The van der Waals surface area contributed by atoms with E-state index in [9.17, 15) is 14.7 Å². The summed E-state index contributed by atoms with van der Waals surface area (Å²) in [6.45, 7) is 7.04. The number of nitrogens with zero attached hydrogens (tertiary/aromatic N) is 3. The number of fused-ring (bicyclic) bond motifs is 1. The highest BCUT2D eigenvalue weighted by atomic mass is 16.6. The molecular formula is C31H37N5O5. The molecule has 0 saturated carbocycles. The molecule has 10 heteroatoms. The van der Waals surface area contributed by atoms with Crippen molar-refractivity contribution in [1.29, 1.82) is 5.26 Å². The zero-order valence-electron chi connectivity index (χ0n) is 23.9. The average molecular weight is 560 g/mol. The summed E-state index contributed by atoms with van der Waals surface area (Å²) in [4.78, 5) is 32.8. The number of methoxy groups -OCH3 is 1. The van der Waals surface area contributed by atoms with Crippen molar-refractivity contribution >= 4 is 28.5 Å². The Morgan fingerprint density at radius 3 is 2.61 bits per heavy atom. The molecule has 0 aliphatic carbocycles. The highest BCUT2D eigenvalue weighted by Gasteiger charge is 2.34. The van der Waals surface area contributed by atoms with Gasteiger partial charge in [-0.2, -0.15) is 5.26 Å². The first-order valence-electron chi connectivity index (χ1n) is 13.7. The summed E-state index contributed by atoms with van der Waals surface area (Å²) in [5, 5.41) is 27.1. The maximum absolute atomic E-state index is 13.2. The van der Waals surface area contributed by atoms with Gasteiger partial charge in [0.2, 0.25) is 0 Å². The number of ether oxygens (including phenoxy) is 2. The summed E-state index contributed by atoms with van der Waals surface area (Å²) in [5.74, 6) is -0.511. The zero-order chi connectivity index (χ0) is 29.6. The lowest BCUT2D eigenvalue weighted by atomic mass is 10.0. The summed E-state index contributed by atoms with van der Waals surface area (Å²) in [6, 6.07) is 14.7. The van der Waals surface area contributed by atoms with Crippen LogP contribution in [0.2, 0.25) is 0 Å². The van der Waals surface area contributed by atoms with Crippen molar-refractivity contribution in [3.8, 4) is 11.8 Å². The van der Waals surface area contributed by atoms with E-state index < -0.39 is 29.6 Å². The van der Waals surface area contributed by atoms with Gasteiger partial charge in [0.1, 0.15) is 11.4 Å². The Labute approximate surface area is 240 Å².